The Kier molecular flexibility index (Phi) is 6.40. The molecule has 0 saturated carbocycles. The molecule has 160 valence electrons. The summed E-state index contributed by atoms with van der Waals surface area (Å²) in [4.78, 5) is 26.5. The number of sulfonamides is 1. The van der Waals surface area contributed by atoms with E-state index >= 15 is 0 Å². The molecule has 30 heavy (non-hydrogen) atoms. The summed E-state index contributed by atoms with van der Waals surface area (Å²) < 4.78 is 39.1. The van der Waals surface area contributed by atoms with Gasteiger partial charge in [-0.25, -0.2) is 12.8 Å². The van der Waals surface area contributed by atoms with Gasteiger partial charge in [-0.3, -0.25) is 13.9 Å². The Bertz CT molecular complexity index is 1020. The fourth-order valence-electron chi connectivity index (χ4n) is 3.52. The number of nitrogens with zero attached hydrogens (tertiary/aromatic N) is 2. The van der Waals surface area contributed by atoms with Crippen molar-refractivity contribution in [3.05, 3.63) is 54.3 Å². The Hall–Kier alpha value is -2.94. The van der Waals surface area contributed by atoms with Gasteiger partial charge in [0.05, 0.1) is 11.9 Å². The van der Waals surface area contributed by atoms with Gasteiger partial charge in [0.15, 0.2) is 0 Å². The number of rotatable bonds is 7. The summed E-state index contributed by atoms with van der Waals surface area (Å²) in [5.74, 6) is -0.931. The molecular weight excluding hydrogens is 409 g/mol. The van der Waals surface area contributed by atoms with E-state index in [1.807, 2.05) is 0 Å². The molecule has 3 rings (SSSR count). The average molecular weight is 434 g/mol. The van der Waals surface area contributed by atoms with Crippen LogP contribution < -0.4 is 14.5 Å². The van der Waals surface area contributed by atoms with Crippen LogP contribution in [0, 0.1) is 5.82 Å². The van der Waals surface area contributed by atoms with Crippen molar-refractivity contribution in [2.24, 2.45) is 0 Å². The van der Waals surface area contributed by atoms with Crippen LogP contribution in [0.4, 0.5) is 21.5 Å². The minimum absolute atomic E-state index is 0.0703. The van der Waals surface area contributed by atoms with Gasteiger partial charge < -0.3 is 10.2 Å². The topological polar surface area (TPSA) is 86.8 Å². The summed E-state index contributed by atoms with van der Waals surface area (Å²) in [5.41, 5.74) is 1.46. The molecule has 7 nitrogen and oxygen atoms in total. The molecule has 0 unspecified atom stereocenters. The molecule has 1 N–H and O–H groups in total. The molecule has 2 aromatic rings. The molecule has 1 heterocycles. The first-order valence-corrected chi connectivity index (χ1v) is 11.5. The van der Waals surface area contributed by atoms with Crippen LogP contribution >= 0.6 is 0 Å². The Labute approximate surface area is 175 Å². The standard InChI is InChI=1S/C21H24FN3O4S/c1-3-19(25(30(2,28)29)18-10-6-15(22)7-11-18)21(27)23-16-8-12-17(13-9-16)24-14-4-5-20(24)26/h6-13,19H,3-5,14H2,1-2H3,(H,23,27)/t19-/m1/s1. The third-order valence-corrected chi connectivity index (χ3v) is 6.11. The van der Waals surface area contributed by atoms with E-state index in [2.05, 4.69) is 5.32 Å². The number of anilines is 3. The van der Waals surface area contributed by atoms with Crippen molar-refractivity contribution in [2.75, 3.05) is 27.3 Å². The molecule has 1 fully saturated rings. The lowest BCUT2D eigenvalue weighted by Crippen LogP contribution is -2.47. The predicted octanol–water partition coefficient (Wildman–Crippen LogP) is 3.14. The quantitative estimate of drug-likeness (QED) is 0.727. The van der Waals surface area contributed by atoms with Gasteiger partial charge in [0.25, 0.3) is 0 Å². The summed E-state index contributed by atoms with van der Waals surface area (Å²) in [6.45, 7) is 2.37. The normalized spacial score (nSPS) is 15.2. The monoisotopic (exact) mass is 433 g/mol. The number of nitrogens with one attached hydrogen (secondary N) is 1. The van der Waals surface area contributed by atoms with Crippen LogP contribution in [-0.4, -0.2) is 39.1 Å². The fraction of sp³-hybridized carbons (Fsp3) is 0.333. The Morgan fingerprint density at radius 1 is 1.17 bits per heavy atom. The summed E-state index contributed by atoms with van der Waals surface area (Å²) >= 11 is 0. The van der Waals surface area contributed by atoms with Crippen molar-refractivity contribution in [1.82, 2.24) is 0 Å². The van der Waals surface area contributed by atoms with Crippen molar-refractivity contribution < 1.29 is 22.4 Å². The summed E-state index contributed by atoms with van der Waals surface area (Å²) in [7, 11) is -3.80. The van der Waals surface area contributed by atoms with Gasteiger partial charge in [-0.05, 0) is 61.4 Å². The number of carbonyl (C=O) groups is 2. The highest BCUT2D eigenvalue weighted by Gasteiger charge is 2.31. The van der Waals surface area contributed by atoms with Crippen molar-refractivity contribution in [2.45, 2.75) is 32.2 Å². The molecule has 2 amide bonds. The van der Waals surface area contributed by atoms with Gasteiger partial charge in [-0.15, -0.1) is 0 Å². The fourth-order valence-corrected chi connectivity index (χ4v) is 4.73. The molecule has 2 aromatic carbocycles. The van der Waals surface area contributed by atoms with E-state index in [0.29, 0.717) is 18.7 Å². The molecule has 0 spiro atoms. The zero-order valence-corrected chi connectivity index (χ0v) is 17.7. The van der Waals surface area contributed by atoms with Gasteiger partial charge in [-0.2, -0.15) is 0 Å². The summed E-state index contributed by atoms with van der Waals surface area (Å²) in [6.07, 6.45) is 2.58. The van der Waals surface area contributed by atoms with E-state index in [9.17, 15) is 22.4 Å². The van der Waals surface area contributed by atoms with Gasteiger partial charge in [0, 0.05) is 24.3 Å². The number of carbonyl (C=O) groups excluding carboxylic acids is 2. The number of hydrogen-bond acceptors (Lipinski definition) is 4. The maximum atomic E-state index is 13.3. The molecule has 1 atom stereocenters. The van der Waals surface area contributed by atoms with Crippen LogP contribution in [-0.2, 0) is 19.6 Å². The first kappa shape index (κ1) is 21.8. The molecule has 0 radical (unpaired) electrons. The third-order valence-electron chi connectivity index (χ3n) is 4.93. The van der Waals surface area contributed by atoms with Gasteiger partial charge in [0.2, 0.25) is 21.8 Å². The Morgan fingerprint density at radius 3 is 2.30 bits per heavy atom. The zero-order valence-electron chi connectivity index (χ0n) is 16.8. The summed E-state index contributed by atoms with van der Waals surface area (Å²) in [5, 5.41) is 2.73. The number of benzene rings is 2. The highest BCUT2D eigenvalue weighted by Crippen LogP contribution is 2.25. The molecule has 0 bridgehead atoms. The van der Waals surface area contributed by atoms with Gasteiger partial charge >= 0.3 is 0 Å². The Morgan fingerprint density at radius 2 is 1.80 bits per heavy atom. The first-order chi connectivity index (χ1) is 14.2. The number of hydrogen-bond donors (Lipinski definition) is 1. The van der Waals surface area contributed by atoms with E-state index in [4.69, 9.17) is 0 Å². The first-order valence-electron chi connectivity index (χ1n) is 9.67. The molecular formula is C21H24FN3O4S. The second kappa shape index (κ2) is 8.83. The van der Waals surface area contributed by atoms with Crippen LogP contribution in [0.25, 0.3) is 0 Å². The van der Waals surface area contributed by atoms with Crippen LogP contribution in [0.2, 0.25) is 0 Å². The average Bonchev–Trinajstić information content (AvgIpc) is 3.12. The molecule has 1 aliphatic rings. The second-order valence-corrected chi connectivity index (χ2v) is 9.00. The van der Waals surface area contributed by atoms with E-state index in [1.54, 1.807) is 36.1 Å². The van der Waals surface area contributed by atoms with Gasteiger partial charge in [-0.1, -0.05) is 6.92 Å². The molecule has 9 heteroatoms. The molecule has 0 aromatic heterocycles. The third kappa shape index (κ3) is 4.79. The maximum Gasteiger partial charge on any atom is 0.248 e. The number of amides is 2. The lowest BCUT2D eigenvalue weighted by Gasteiger charge is -2.30. The van der Waals surface area contributed by atoms with Crippen LogP contribution in [0.3, 0.4) is 0 Å². The molecule has 1 saturated heterocycles. The smallest absolute Gasteiger partial charge is 0.248 e. The minimum atomic E-state index is -3.80. The highest BCUT2D eigenvalue weighted by atomic mass is 32.2. The SMILES string of the molecule is CC[C@H](C(=O)Nc1ccc(N2CCCC2=O)cc1)N(c1ccc(F)cc1)S(C)(=O)=O. The van der Waals surface area contributed by atoms with E-state index in [-0.39, 0.29) is 18.0 Å². The van der Waals surface area contributed by atoms with E-state index in [1.165, 1.54) is 12.1 Å². The van der Waals surface area contributed by atoms with Crippen molar-refractivity contribution in [1.29, 1.82) is 0 Å². The Balaban J connectivity index is 1.80. The van der Waals surface area contributed by atoms with Crippen molar-refractivity contribution in [3.8, 4) is 0 Å². The number of halogens is 1. The molecule has 1 aliphatic heterocycles. The highest BCUT2D eigenvalue weighted by molar-refractivity contribution is 7.92. The van der Waals surface area contributed by atoms with E-state index < -0.39 is 27.8 Å². The van der Waals surface area contributed by atoms with Crippen LogP contribution in [0.5, 0.6) is 0 Å². The zero-order chi connectivity index (χ0) is 21.9. The second-order valence-electron chi connectivity index (χ2n) is 7.14. The van der Waals surface area contributed by atoms with Crippen molar-refractivity contribution in [3.63, 3.8) is 0 Å². The maximum absolute atomic E-state index is 13.3. The minimum Gasteiger partial charge on any atom is -0.324 e. The van der Waals surface area contributed by atoms with E-state index in [0.717, 1.165) is 34.8 Å². The largest absolute Gasteiger partial charge is 0.324 e. The van der Waals surface area contributed by atoms with Crippen LogP contribution in [0.15, 0.2) is 48.5 Å². The molecule has 0 aliphatic carbocycles. The lowest BCUT2D eigenvalue weighted by molar-refractivity contribution is -0.118. The summed E-state index contributed by atoms with van der Waals surface area (Å²) in [6, 6.07) is 10.8. The predicted molar refractivity (Wildman–Crippen MR) is 114 cm³/mol. The van der Waals surface area contributed by atoms with Gasteiger partial charge in [0.1, 0.15) is 11.9 Å². The van der Waals surface area contributed by atoms with Crippen LogP contribution in [0.1, 0.15) is 26.2 Å². The lowest BCUT2D eigenvalue weighted by atomic mass is 10.1. The van der Waals surface area contributed by atoms with Crippen molar-refractivity contribution >= 4 is 38.9 Å².